The Balaban J connectivity index is 1.56. The quantitative estimate of drug-likeness (QED) is 0.279. The molecular formula is C26H23N3O3S. The molecule has 0 fully saturated rings. The lowest BCUT2D eigenvalue weighted by Crippen LogP contribution is -2.13. The maximum absolute atomic E-state index is 12.0. The van der Waals surface area contributed by atoms with Gasteiger partial charge in [0.05, 0.1) is 4.90 Å². The highest BCUT2D eigenvalue weighted by molar-refractivity contribution is 7.89. The number of amidine groups is 1. The summed E-state index contributed by atoms with van der Waals surface area (Å²) in [6.07, 6.45) is 0. The van der Waals surface area contributed by atoms with E-state index in [0.29, 0.717) is 29.0 Å². The Morgan fingerprint density at radius 1 is 0.788 bits per heavy atom. The lowest BCUT2D eigenvalue weighted by Gasteiger charge is -2.12. The number of hydrogen-bond acceptors (Lipinski definition) is 4. The molecule has 0 amide bonds. The van der Waals surface area contributed by atoms with Crippen LogP contribution < -0.4 is 15.6 Å². The van der Waals surface area contributed by atoms with E-state index in [1.165, 1.54) is 6.07 Å². The molecule has 0 atom stereocenters. The van der Waals surface area contributed by atoms with E-state index >= 15 is 0 Å². The van der Waals surface area contributed by atoms with Crippen molar-refractivity contribution < 1.29 is 13.2 Å². The number of ether oxygens (including phenoxy) is 1. The van der Waals surface area contributed by atoms with Crippen molar-refractivity contribution >= 4 is 15.9 Å². The van der Waals surface area contributed by atoms with Gasteiger partial charge in [-0.15, -0.1) is 0 Å². The second-order valence-electron chi connectivity index (χ2n) is 7.55. The van der Waals surface area contributed by atoms with Gasteiger partial charge in [0, 0.05) is 11.1 Å². The third-order valence-corrected chi connectivity index (χ3v) is 6.15. The zero-order valence-electron chi connectivity index (χ0n) is 17.7. The van der Waals surface area contributed by atoms with E-state index in [1.54, 1.807) is 30.3 Å². The van der Waals surface area contributed by atoms with Gasteiger partial charge < -0.3 is 10.5 Å². The highest BCUT2D eigenvalue weighted by atomic mass is 32.2. The van der Waals surface area contributed by atoms with Gasteiger partial charge in [0.1, 0.15) is 18.2 Å². The SMILES string of the molecule is N=C(N)c1cccc(-c2cccc(COc3cccc(-c4ccccc4S(N)(=O)=O)c3)c2)c1. The summed E-state index contributed by atoms with van der Waals surface area (Å²) in [6, 6.07) is 29.3. The Morgan fingerprint density at radius 3 is 2.21 bits per heavy atom. The van der Waals surface area contributed by atoms with Crippen molar-refractivity contribution in [1.82, 2.24) is 0 Å². The summed E-state index contributed by atoms with van der Waals surface area (Å²) < 4.78 is 29.9. The molecule has 0 heterocycles. The van der Waals surface area contributed by atoms with E-state index in [-0.39, 0.29) is 10.7 Å². The first kappa shape index (κ1) is 22.3. The first-order valence-electron chi connectivity index (χ1n) is 10.2. The van der Waals surface area contributed by atoms with Gasteiger partial charge >= 0.3 is 0 Å². The molecule has 166 valence electrons. The normalized spacial score (nSPS) is 11.2. The average Bonchev–Trinajstić information content (AvgIpc) is 2.83. The first-order valence-corrected chi connectivity index (χ1v) is 11.7. The van der Waals surface area contributed by atoms with Crippen molar-refractivity contribution in [2.75, 3.05) is 0 Å². The molecule has 0 aliphatic carbocycles. The van der Waals surface area contributed by atoms with Gasteiger partial charge in [0.25, 0.3) is 0 Å². The number of nitrogen functional groups attached to an aromatic ring is 1. The Labute approximate surface area is 193 Å². The Bertz CT molecular complexity index is 1430. The van der Waals surface area contributed by atoms with Gasteiger partial charge in [-0.25, -0.2) is 13.6 Å². The number of rotatable bonds is 7. The molecule has 6 nitrogen and oxygen atoms in total. The van der Waals surface area contributed by atoms with Crippen LogP contribution >= 0.6 is 0 Å². The predicted molar refractivity (Wildman–Crippen MR) is 130 cm³/mol. The average molecular weight is 458 g/mol. The molecule has 0 unspecified atom stereocenters. The Hall–Kier alpha value is -3.94. The van der Waals surface area contributed by atoms with E-state index in [9.17, 15) is 8.42 Å². The van der Waals surface area contributed by atoms with Crippen LogP contribution in [0.25, 0.3) is 22.3 Å². The smallest absolute Gasteiger partial charge is 0.238 e. The van der Waals surface area contributed by atoms with Crippen LogP contribution in [0.15, 0.2) is 102 Å². The van der Waals surface area contributed by atoms with Crippen LogP contribution in [0, 0.1) is 5.41 Å². The lowest BCUT2D eigenvalue weighted by atomic mass is 10.0. The molecule has 5 N–H and O–H groups in total. The second kappa shape index (κ2) is 9.28. The third kappa shape index (κ3) is 5.28. The molecule has 33 heavy (non-hydrogen) atoms. The number of nitrogens with one attached hydrogen (secondary N) is 1. The van der Waals surface area contributed by atoms with Gasteiger partial charge in [-0.1, -0.05) is 66.7 Å². The topological polar surface area (TPSA) is 119 Å². The summed E-state index contributed by atoms with van der Waals surface area (Å²) in [4.78, 5) is 0.0719. The largest absolute Gasteiger partial charge is 0.489 e. The molecule has 0 bridgehead atoms. The van der Waals surface area contributed by atoms with Crippen molar-refractivity contribution in [2.45, 2.75) is 11.5 Å². The fourth-order valence-electron chi connectivity index (χ4n) is 3.58. The molecule has 0 aromatic heterocycles. The Kier molecular flexibility index (Phi) is 6.26. The van der Waals surface area contributed by atoms with Crippen molar-refractivity contribution in [1.29, 1.82) is 5.41 Å². The van der Waals surface area contributed by atoms with E-state index in [0.717, 1.165) is 16.7 Å². The van der Waals surface area contributed by atoms with Gasteiger partial charge in [0.2, 0.25) is 10.0 Å². The van der Waals surface area contributed by atoms with Crippen LogP contribution in [0.5, 0.6) is 5.75 Å². The van der Waals surface area contributed by atoms with Crippen molar-refractivity contribution in [3.63, 3.8) is 0 Å². The maximum Gasteiger partial charge on any atom is 0.238 e. The molecule has 0 saturated carbocycles. The first-order chi connectivity index (χ1) is 15.8. The molecule has 4 aromatic rings. The lowest BCUT2D eigenvalue weighted by molar-refractivity contribution is 0.306. The molecule has 0 saturated heterocycles. The van der Waals surface area contributed by atoms with E-state index in [2.05, 4.69) is 0 Å². The molecule has 0 aliphatic heterocycles. The van der Waals surface area contributed by atoms with Crippen LogP contribution in [0.3, 0.4) is 0 Å². The number of sulfonamides is 1. The van der Waals surface area contributed by atoms with Crippen molar-refractivity contribution in [2.24, 2.45) is 10.9 Å². The van der Waals surface area contributed by atoms with Crippen LogP contribution in [0.1, 0.15) is 11.1 Å². The standard InChI is InChI=1S/C26H23N3O3S/c27-26(28)22-10-4-8-20(15-22)19-7-3-6-18(14-19)17-32-23-11-5-9-21(16-23)24-12-1-2-13-25(24)33(29,30)31/h1-16H,17H2,(H3,27,28)(H2,29,30,31). The van der Waals surface area contributed by atoms with Crippen molar-refractivity contribution in [3.05, 3.63) is 108 Å². The van der Waals surface area contributed by atoms with E-state index in [1.807, 2.05) is 60.7 Å². The zero-order valence-corrected chi connectivity index (χ0v) is 18.5. The maximum atomic E-state index is 12.0. The van der Waals surface area contributed by atoms with Crippen LogP contribution in [-0.2, 0) is 16.6 Å². The number of primary sulfonamides is 1. The summed E-state index contributed by atoms with van der Waals surface area (Å²) in [5, 5.41) is 13.0. The second-order valence-corrected chi connectivity index (χ2v) is 9.08. The van der Waals surface area contributed by atoms with Crippen LogP contribution in [0.4, 0.5) is 0 Å². The van der Waals surface area contributed by atoms with Gasteiger partial charge in [-0.3, -0.25) is 5.41 Å². The molecular weight excluding hydrogens is 434 g/mol. The minimum absolute atomic E-state index is 0.0280. The summed E-state index contributed by atoms with van der Waals surface area (Å²) >= 11 is 0. The molecule has 7 heteroatoms. The molecule has 0 aliphatic rings. The highest BCUT2D eigenvalue weighted by Crippen LogP contribution is 2.29. The molecule has 0 radical (unpaired) electrons. The Morgan fingerprint density at radius 2 is 1.45 bits per heavy atom. The summed E-state index contributed by atoms with van der Waals surface area (Å²) in [7, 11) is -3.85. The van der Waals surface area contributed by atoms with Gasteiger partial charge in [-0.05, 0) is 52.6 Å². The van der Waals surface area contributed by atoms with E-state index in [4.69, 9.17) is 21.0 Å². The summed E-state index contributed by atoms with van der Waals surface area (Å²) in [6.45, 7) is 0.334. The number of nitrogens with two attached hydrogens (primary N) is 2. The fourth-order valence-corrected chi connectivity index (χ4v) is 4.34. The fraction of sp³-hybridized carbons (Fsp3) is 0.0385. The number of benzene rings is 4. The molecule has 0 spiro atoms. The minimum Gasteiger partial charge on any atom is -0.489 e. The monoisotopic (exact) mass is 457 g/mol. The minimum atomic E-state index is -3.85. The van der Waals surface area contributed by atoms with E-state index < -0.39 is 10.0 Å². The summed E-state index contributed by atoms with van der Waals surface area (Å²) in [5.41, 5.74) is 10.4. The van der Waals surface area contributed by atoms with Gasteiger partial charge in [-0.2, -0.15) is 0 Å². The molecule has 4 rings (SSSR count). The van der Waals surface area contributed by atoms with Crippen molar-refractivity contribution in [3.8, 4) is 28.0 Å². The predicted octanol–water partition coefficient (Wildman–Crippen LogP) is 4.53. The zero-order chi connectivity index (χ0) is 23.4. The van der Waals surface area contributed by atoms with Crippen LogP contribution in [0.2, 0.25) is 0 Å². The van der Waals surface area contributed by atoms with Crippen LogP contribution in [-0.4, -0.2) is 14.3 Å². The molecule has 4 aromatic carbocycles. The highest BCUT2D eigenvalue weighted by Gasteiger charge is 2.15. The summed E-state index contributed by atoms with van der Waals surface area (Å²) in [5.74, 6) is 0.640. The van der Waals surface area contributed by atoms with Gasteiger partial charge in [0.15, 0.2) is 0 Å². The number of hydrogen-bond donors (Lipinski definition) is 3. The third-order valence-electron chi connectivity index (χ3n) is 5.18.